The van der Waals surface area contributed by atoms with Crippen molar-refractivity contribution in [2.24, 2.45) is 0 Å². The first-order valence-electron chi connectivity index (χ1n) is 5.65. The van der Waals surface area contributed by atoms with Gasteiger partial charge in [0.25, 0.3) is 0 Å². The van der Waals surface area contributed by atoms with Crippen molar-refractivity contribution < 1.29 is 9.59 Å². The molecule has 6 heteroatoms. The molecule has 1 fully saturated rings. The molecule has 2 rings (SSSR count). The standard InChI is InChI=1S/C12H15N3O2S/c1-8-2-3-9(13)6-10(8)18-5-4-15-11(16)7-14-12(15)17/h2-3,6H,4-5,7,13H2,1H3,(H,14,17). The zero-order chi connectivity index (χ0) is 13.1. The van der Waals surface area contributed by atoms with E-state index in [2.05, 4.69) is 5.32 Å². The number of nitrogens with two attached hydrogens (primary N) is 1. The summed E-state index contributed by atoms with van der Waals surface area (Å²) in [6, 6.07) is 5.43. The van der Waals surface area contributed by atoms with Crippen molar-refractivity contribution in [3.8, 4) is 0 Å². The maximum absolute atomic E-state index is 11.4. The lowest BCUT2D eigenvalue weighted by Gasteiger charge is -2.12. The number of benzene rings is 1. The Balaban J connectivity index is 1.90. The molecule has 96 valence electrons. The zero-order valence-electron chi connectivity index (χ0n) is 10.1. The molecule has 5 nitrogen and oxygen atoms in total. The molecule has 0 saturated carbocycles. The summed E-state index contributed by atoms with van der Waals surface area (Å²) in [6.07, 6.45) is 0. The van der Waals surface area contributed by atoms with Gasteiger partial charge in [-0.05, 0) is 24.6 Å². The largest absolute Gasteiger partial charge is 0.399 e. The summed E-state index contributed by atoms with van der Waals surface area (Å²) in [6.45, 7) is 2.54. The van der Waals surface area contributed by atoms with Crippen molar-refractivity contribution in [1.29, 1.82) is 0 Å². The van der Waals surface area contributed by atoms with E-state index in [9.17, 15) is 9.59 Å². The van der Waals surface area contributed by atoms with Crippen molar-refractivity contribution in [3.05, 3.63) is 23.8 Å². The van der Waals surface area contributed by atoms with Crippen molar-refractivity contribution >= 4 is 29.4 Å². The van der Waals surface area contributed by atoms with Gasteiger partial charge in [0.1, 0.15) is 0 Å². The second kappa shape index (κ2) is 5.30. The number of hydrogen-bond donors (Lipinski definition) is 2. The highest BCUT2D eigenvalue weighted by Gasteiger charge is 2.27. The molecule has 1 heterocycles. The number of nitrogens with zero attached hydrogens (tertiary/aromatic N) is 1. The Hall–Kier alpha value is -1.69. The lowest BCUT2D eigenvalue weighted by atomic mass is 10.2. The summed E-state index contributed by atoms with van der Waals surface area (Å²) in [5.41, 5.74) is 7.59. The third-order valence-corrected chi connectivity index (χ3v) is 3.86. The van der Waals surface area contributed by atoms with E-state index in [0.29, 0.717) is 12.3 Å². The maximum Gasteiger partial charge on any atom is 0.324 e. The van der Waals surface area contributed by atoms with Gasteiger partial charge in [0.2, 0.25) is 5.91 Å². The highest BCUT2D eigenvalue weighted by Crippen LogP contribution is 2.24. The molecule has 0 bridgehead atoms. The minimum Gasteiger partial charge on any atom is -0.399 e. The van der Waals surface area contributed by atoms with Gasteiger partial charge in [-0.15, -0.1) is 11.8 Å². The fourth-order valence-corrected chi connectivity index (χ4v) is 2.71. The summed E-state index contributed by atoms with van der Waals surface area (Å²) in [5, 5.41) is 2.50. The van der Waals surface area contributed by atoms with E-state index < -0.39 is 0 Å². The first kappa shape index (κ1) is 12.8. The number of urea groups is 1. The van der Waals surface area contributed by atoms with E-state index >= 15 is 0 Å². The molecule has 1 aliphatic rings. The number of carbonyl (C=O) groups excluding carboxylic acids is 2. The number of rotatable bonds is 4. The summed E-state index contributed by atoms with van der Waals surface area (Å²) >= 11 is 1.60. The van der Waals surface area contributed by atoms with Gasteiger partial charge in [-0.1, -0.05) is 6.07 Å². The minimum absolute atomic E-state index is 0.112. The molecule has 0 spiro atoms. The highest BCUT2D eigenvalue weighted by atomic mass is 32.2. The quantitative estimate of drug-likeness (QED) is 0.487. The van der Waals surface area contributed by atoms with Gasteiger partial charge in [0.15, 0.2) is 0 Å². The normalized spacial score (nSPS) is 15.1. The van der Waals surface area contributed by atoms with Crippen LogP contribution in [-0.4, -0.2) is 35.7 Å². The molecular formula is C12H15N3O2S. The number of aryl methyl sites for hydroxylation is 1. The van der Waals surface area contributed by atoms with Crippen LogP contribution in [0.25, 0.3) is 0 Å². The van der Waals surface area contributed by atoms with Gasteiger partial charge in [0.05, 0.1) is 6.54 Å². The summed E-state index contributed by atoms with van der Waals surface area (Å²) in [7, 11) is 0. The summed E-state index contributed by atoms with van der Waals surface area (Å²) in [5.74, 6) is 0.508. The second-order valence-electron chi connectivity index (χ2n) is 4.08. The van der Waals surface area contributed by atoms with Crippen LogP contribution in [0.5, 0.6) is 0 Å². The predicted molar refractivity (Wildman–Crippen MR) is 71.4 cm³/mol. The van der Waals surface area contributed by atoms with E-state index in [1.54, 1.807) is 11.8 Å². The lowest BCUT2D eigenvalue weighted by molar-refractivity contribution is -0.124. The van der Waals surface area contributed by atoms with Gasteiger partial charge < -0.3 is 11.1 Å². The number of nitrogen functional groups attached to an aromatic ring is 1. The van der Waals surface area contributed by atoms with Crippen LogP contribution < -0.4 is 11.1 Å². The molecule has 3 amide bonds. The molecule has 0 atom stereocenters. The van der Waals surface area contributed by atoms with E-state index in [0.717, 1.165) is 16.1 Å². The Labute approximate surface area is 110 Å². The van der Waals surface area contributed by atoms with Crippen LogP contribution in [0.1, 0.15) is 5.56 Å². The average Bonchev–Trinajstić information content (AvgIpc) is 2.65. The second-order valence-corrected chi connectivity index (χ2v) is 5.21. The number of thioether (sulfide) groups is 1. The van der Waals surface area contributed by atoms with E-state index in [4.69, 9.17) is 5.73 Å². The van der Waals surface area contributed by atoms with Gasteiger partial charge in [0, 0.05) is 22.9 Å². The molecule has 1 aliphatic heterocycles. The van der Waals surface area contributed by atoms with Gasteiger partial charge in [-0.25, -0.2) is 4.79 Å². The Bertz CT molecular complexity index is 474. The summed E-state index contributed by atoms with van der Waals surface area (Å²) in [4.78, 5) is 25.0. The van der Waals surface area contributed by atoms with Crippen LogP contribution >= 0.6 is 11.8 Å². The molecule has 0 aliphatic carbocycles. The summed E-state index contributed by atoms with van der Waals surface area (Å²) < 4.78 is 0. The first-order chi connectivity index (χ1) is 8.58. The van der Waals surface area contributed by atoms with Crippen molar-refractivity contribution in [3.63, 3.8) is 0 Å². The van der Waals surface area contributed by atoms with Gasteiger partial charge >= 0.3 is 6.03 Å². The van der Waals surface area contributed by atoms with Crippen LogP contribution in [0.4, 0.5) is 10.5 Å². The molecule has 1 aromatic carbocycles. The SMILES string of the molecule is Cc1ccc(N)cc1SCCN1C(=O)CNC1=O. The lowest BCUT2D eigenvalue weighted by Crippen LogP contribution is -2.32. The smallest absolute Gasteiger partial charge is 0.324 e. The van der Waals surface area contributed by atoms with Crippen molar-refractivity contribution in [2.45, 2.75) is 11.8 Å². The fourth-order valence-electron chi connectivity index (χ4n) is 1.70. The van der Waals surface area contributed by atoms with Crippen LogP contribution in [0.2, 0.25) is 0 Å². The number of hydrogen-bond acceptors (Lipinski definition) is 4. The first-order valence-corrected chi connectivity index (χ1v) is 6.63. The van der Waals surface area contributed by atoms with E-state index in [-0.39, 0.29) is 18.5 Å². The Morgan fingerprint density at radius 2 is 2.22 bits per heavy atom. The topological polar surface area (TPSA) is 75.4 Å². The average molecular weight is 265 g/mol. The molecule has 1 saturated heterocycles. The third kappa shape index (κ3) is 2.76. The van der Waals surface area contributed by atoms with Gasteiger partial charge in [-0.2, -0.15) is 0 Å². The number of nitrogens with one attached hydrogen (secondary N) is 1. The molecule has 0 unspecified atom stereocenters. The van der Waals surface area contributed by atoms with Crippen LogP contribution in [0, 0.1) is 6.92 Å². The van der Waals surface area contributed by atoms with Gasteiger partial charge in [-0.3, -0.25) is 9.69 Å². The Morgan fingerprint density at radius 3 is 2.89 bits per heavy atom. The molecular weight excluding hydrogens is 250 g/mol. The Kier molecular flexibility index (Phi) is 3.76. The number of imide groups is 1. The van der Waals surface area contributed by atoms with E-state index in [1.165, 1.54) is 4.90 Å². The number of carbonyl (C=O) groups is 2. The predicted octanol–water partition coefficient (Wildman–Crippen LogP) is 1.22. The molecule has 0 radical (unpaired) electrons. The van der Waals surface area contributed by atoms with Crippen LogP contribution in [-0.2, 0) is 4.79 Å². The molecule has 0 aromatic heterocycles. The number of amides is 3. The van der Waals surface area contributed by atoms with E-state index in [1.807, 2.05) is 25.1 Å². The highest BCUT2D eigenvalue weighted by molar-refractivity contribution is 7.99. The zero-order valence-corrected chi connectivity index (χ0v) is 10.9. The third-order valence-electron chi connectivity index (χ3n) is 2.72. The minimum atomic E-state index is -0.301. The van der Waals surface area contributed by atoms with Crippen molar-refractivity contribution in [1.82, 2.24) is 10.2 Å². The Morgan fingerprint density at radius 1 is 1.44 bits per heavy atom. The molecule has 18 heavy (non-hydrogen) atoms. The molecule has 3 N–H and O–H groups in total. The maximum atomic E-state index is 11.4. The molecule has 1 aromatic rings. The monoisotopic (exact) mass is 265 g/mol. The van der Waals surface area contributed by atoms with Crippen molar-refractivity contribution in [2.75, 3.05) is 24.6 Å². The number of anilines is 1. The fraction of sp³-hybridized carbons (Fsp3) is 0.333. The van der Waals surface area contributed by atoms with Crippen LogP contribution in [0.3, 0.4) is 0 Å². The van der Waals surface area contributed by atoms with Crippen LogP contribution in [0.15, 0.2) is 23.1 Å².